The Morgan fingerprint density at radius 3 is 2.39 bits per heavy atom. The smallest absolute Gasteiger partial charge is 0.407 e. The van der Waals surface area contributed by atoms with E-state index < -0.39 is 46.7 Å². The van der Waals surface area contributed by atoms with Crippen molar-refractivity contribution in [3.05, 3.63) is 71.7 Å². The number of nitrogens with zero attached hydrogens (tertiary/aromatic N) is 5. The third-order valence-corrected chi connectivity index (χ3v) is 11.9. The molecule has 4 aromatic rings. The van der Waals surface area contributed by atoms with E-state index in [1.807, 2.05) is 18.7 Å². The number of hydrogen-bond donors (Lipinski definition) is 5. The van der Waals surface area contributed by atoms with E-state index in [0.717, 1.165) is 31.3 Å². The molecule has 0 spiro atoms. The number of morpholine rings is 1. The summed E-state index contributed by atoms with van der Waals surface area (Å²) >= 11 is 0. The molecule has 5 amide bonds. The molecule has 0 saturated carbocycles. The Bertz CT molecular complexity index is 2560. The van der Waals surface area contributed by atoms with Gasteiger partial charge in [0.15, 0.2) is 5.69 Å². The molecule has 2 aromatic heterocycles. The summed E-state index contributed by atoms with van der Waals surface area (Å²) in [7, 11) is 1.49. The molecule has 3 aliphatic rings. The molecule has 0 radical (unpaired) electrons. The number of anilines is 1. The fraction of sp³-hybridized carbons (Fsp3) is 0.490. The topological polar surface area (TPSA) is 220 Å². The molecule has 2 fully saturated rings. The molecule has 7 rings (SSSR count). The number of pyridine rings is 1. The van der Waals surface area contributed by atoms with Crippen molar-refractivity contribution in [1.29, 1.82) is 0 Å². The molecule has 70 heavy (non-hydrogen) atoms. The van der Waals surface area contributed by atoms with Crippen LogP contribution in [-0.4, -0.2) is 144 Å². The zero-order chi connectivity index (χ0) is 50.2. The number of aromatic nitrogens is 3. The number of piperazine rings is 1. The molecule has 0 unspecified atom stereocenters. The lowest BCUT2D eigenvalue weighted by Gasteiger charge is -2.41. The average molecular weight is 973 g/mol. The molecule has 19 nitrogen and oxygen atoms in total. The summed E-state index contributed by atoms with van der Waals surface area (Å²) in [5.74, 6) is -2.44. The van der Waals surface area contributed by atoms with Crippen molar-refractivity contribution in [3.63, 3.8) is 0 Å². The second-order valence-corrected chi connectivity index (χ2v) is 19.0. The van der Waals surface area contributed by atoms with Crippen LogP contribution in [0.15, 0.2) is 48.8 Å². The molecule has 3 aliphatic heterocycles. The number of amides is 5. The van der Waals surface area contributed by atoms with Gasteiger partial charge >= 0.3 is 6.09 Å². The van der Waals surface area contributed by atoms with Crippen LogP contribution in [0.1, 0.15) is 76.4 Å². The minimum absolute atomic E-state index is 0.0282. The number of ether oxygens (including phenoxy) is 4. The highest BCUT2D eigenvalue weighted by Crippen LogP contribution is 2.46. The number of carbonyl (C=O) groups is 5. The van der Waals surface area contributed by atoms with Gasteiger partial charge in [0.25, 0.3) is 5.91 Å². The summed E-state index contributed by atoms with van der Waals surface area (Å²) in [6, 6.07) is 7.26. The van der Waals surface area contributed by atoms with Gasteiger partial charge in [-0.1, -0.05) is 0 Å². The number of rotatable bonds is 17. The summed E-state index contributed by atoms with van der Waals surface area (Å²) in [6.45, 7) is 13.4. The Labute approximate surface area is 405 Å². The summed E-state index contributed by atoms with van der Waals surface area (Å²) in [5.41, 5.74) is 1.46. The number of hydrogen-bond acceptors (Lipinski definition) is 13. The number of fused-ring (bicyclic) bond motifs is 3. The Balaban J connectivity index is 1.05. The van der Waals surface area contributed by atoms with Crippen molar-refractivity contribution in [2.75, 3.05) is 78.0 Å². The molecule has 376 valence electrons. The first-order valence-electron chi connectivity index (χ1n) is 23.4. The fourth-order valence-corrected chi connectivity index (χ4v) is 8.52. The molecule has 5 N–H and O–H groups in total. The van der Waals surface area contributed by atoms with E-state index in [0.29, 0.717) is 104 Å². The average Bonchev–Trinajstić information content (AvgIpc) is 3.70. The Kier molecular flexibility index (Phi) is 16.3. The number of nitrogens with one attached hydrogen (secondary N) is 5. The van der Waals surface area contributed by atoms with Gasteiger partial charge in [-0.3, -0.25) is 29.1 Å². The van der Waals surface area contributed by atoms with Gasteiger partial charge in [0.2, 0.25) is 17.7 Å². The van der Waals surface area contributed by atoms with Gasteiger partial charge in [0, 0.05) is 92.8 Å². The highest BCUT2D eigenvalue weighted by atomic mass is 19.1. The van der Waals surface area contributed by atoms with Crippen LogP contribution in [0.3, 0.4) is 0 Å². The predicted octanol–water partition coefficient (Wildman–Crippen LogP) is 4.56. The first-order chi connectivity index (χ1) is 33.4. The van der Waals surface area contributed by atoms with E-state index in [2.05, 4.69) is 31.6 Å². The molecule has 2 saturated heterocycles. The molecule has 0 bridgehead atoms. The first-order valence-corrected chi connectivity index (χ1v) is 23.4. The van der Waals surface area contributed by atoms with Gasteiger partial charge in [-0.25, -0.2) is 18.3 Å². The summed E-state index contributed by atoms with van der Waals surface area (Å²) < 4.78 is 53.9. The standard InChI is InChI=1S/C49H62F2N10O9/c1-48(2,3)70-47(66)55-11-8-7-9-38(57-42(63)27-59-15-13-52-14-16-59)45(64)54-12-10-41(62)56-33-19-30(25-53-26-33)35-23-36-40(24-39(35)67-6)69-28-37-43(46(65)60-17-18-68-29-49(60,4)5)58-61(44(36)37)34-21-31(50)20-32(51)22-34/h19-26,38,52H,7-18,27-29H2,1-6H3,(H,54,64)(H,55,66)(H,56,62)(H,57,63)/t38-/m1/s1. The lowest BCUT2D eigenvalue weighted by Crippen LogP contribution is -2.55. The van der Waals surface area contributed by atoms with Gasteiger partial charge in [-0.15, -0.1) is 0 Å². The maximum atomic E-state index is 14.8. The van der Waals surface area contributed by atoms with E-state index in [-0.39, 0.29) is 49.3 Å². The summed E-state index contributed by atoms with van der Waals surface area (Å²) in [5, 5.41) is 19.1. The van der Waals surface area contributed by atoms with Gasteiger partial charge in [-0.05, 0) is 78.1 Å². The maximum Gasteiger partial charge on any atom is 0.407 e. The highest BCUT2D eigenvalue weighted by molar-refractivity contribution is 5.98. The number of halogens is 2. The largest absolute Gasteiger partial charge is 0.496 e. The van der Waals surface area contributed by atoms with E-state index in [1.165, 1.54) is 18.0 Å². The van der Waals surface area contributed by atoms with E-state index in [1.54, 1.807) is 50.1 Å². The van der Waals surface area contributed by atoms with Crippen LogP contribution in [-0.2, 0) is 30.5 Å². The predicted molar refractivity (Wildman–Crippen MR) is 255 cm³/mol. The van der Waals surface area contributed by atoms with Crippen molar-refractivity contribution < 1.29 is 51.7 Å². The second kappa shape index (κ2) is 22.4. The Morgan fingerprint density at radius 2 is 1.67 bits per heavy atom. The van der Waals surface area contributed by atoms with Crippen molar-refractivity contribution in [2.24, 2.45) is 0 Å². The molecule has 0 aliphatic carbocycles. The van der Waals surface area contributed by atoms with Crippen LogP contribution < -0.4 is 36.1 Å². The Morgan fingerprint density at radius 1 is 0.914 bits per heavy atom. The molecular weight excluding hydrogens is 911 g/mol. The lowest BCUT2D eigenvalue weighted by atomic mass is 9.95. The van der Waals surface area contributed by atoms with Crippen molar-refractivity contribution in [3.8, 4) is 39.6 Å². The van der Waals surface area contributed by atoms with Gasteiger partial charge in [0.1, 0.15) is 41.4 Å². The fourth-order valence-electron chi connectivity index (χ4n) is 8.52. The van der Waals surface area contributed by atoms with Gasteiger partial charge in [-0.2, -0.15) is 5.10 Å². The SMILES string of the molecule is COc1cc2c(cc1-c1cncc(NC(=O)CCNC(=O)[C@@H](CCCCNC(=O)OC(C)(C)C)NC(=O)CN3CCNCC3)c1)-c1c(c(C(=O)N3CCOCC3(C)C)nn1-c1cc(F)cc(F)c1)CO2. The van der Waals surface area contributed by atoms with Gasteiger partial charge in [0.05, 0.1) is 55.7 Å². The van der Waals surface area contributed by atoms with Crippen LogP contribution in [0.25, 0.3) is 28.1 Å². The zero-order valence-corrected chi connectivity index (χ0v) is 40.5. The molecule has 5 heterocycles. The second-order valence-electron chi connectivity index (χ2n) is 19.0. The molecular formula is C49H62F2N10O9. The quantitative estimate of drug-likeness (QED) is 0.0918. The van der Waals surface area contributed by atoms with Crippen molar-refractivity contribution in [2.45, 2.75) is 84.1 Å². The van der Waals surface area contributed by atoms with E-state index in [9.17, 15) is 32.8 Å². The zero-order valence-electron chi connectivity index (χ0n) is 40.5. The highest BCUT2D eigenvalue weighted by Gasteiger charge is 2.39. The van der Waals surface area contributed by atoms with Crippen molar-refractivity contribution >= 4 is 35.4 Å². The monoisotopic (exact) mass is 972 g/mol. The van der Waals surface area contributed by atoms with E-state index in [4.69, 9.17) is 24.0 Å². The molecule has 1 atom stereocenters. The van der Waals surface area contributed by atoms with Gasteiger partial charge < -0.3 is 50.4 Å². The molecule has 21 heteroatoms. The minimum Gasteiger partial charge on any atom is -0.496 e. The third kappa shape index (κ3) is 12.9. The van der Waals surface area contributed by atoms with Crippen LogP contribution in [0, 0.1) is 11.6 Å². The number of carbonyl (C=O) groups excluding carboxylic acids is 5. The molecule has 2 aromatic carbocycles. The Hall–Kier alpha value is -6.71. The number of methoxy groups -OCH3 is 1. The summed E-state index contributed by atoms with van der Waals surface area (Å²) in [4.78, 5) is 74.3. The van der Waals surface area contributed by atoms with Crippen LogP contribution in [0.4, 0.5) is 19.3 Å². The van der Waals surface area contributed by atoms with Crippen LogP contribution in [0.2, 0.25) is 0 Å². The van der Waals surface area contributed by atoms with Crippen LogP contribution >= 0.6 is 0 Å². The summed E-state index contributed by atoms with van der Waals surface area (Å²) in [6.07, 6.45) is 3.75. The van der Waals surface area contributed by atoms with E-state index >= 15 is 0 Å². The number of alkyl carbamates (subject to hydrolysis) is 1. The first kappa shape index (κ1) is 51.1. The lowest BCUT2D eigenvalue weighted by molar-refractivity contribution is -0.130. The van der Waals surface area contributed by atoms with Crippen molar-refractivity contribution in [1.82, 2.24) is 45.8 Å². The normalized spacial score (nSPS) is 15.9. The maximum absolute atomic E-state index is 14.8. The minimum atomic E-state index is -0.869. The van der Waals surface area contributed by atoms with Crippen LogP contribution in [0.5, 0.6) is 11.5 Å². The third-order valence-electron chi connectivity index (χ3n) is 11.9. The number of unbranched alkanes of at least 4 members (excludes halogenated alkanes) is 1. The number of benzene rings is 2.